The fraction of sp³-hybridized carbons (Fsp3) is 0.167. The number of rotatable bonds is 4. The van der Waals surface area contributed by atoms with Gasteiger partial charge in [-0.15, -0.1) is 0 Å². The first kappa shape index (κ1) is 14.4. The summed E-state index contributed by atoms with van der Waals surface area (Å²) < 4.78 is 26.7. The summed E-state index contributed by atoms with van der Waals surface area (Å²) in [6, 6.07) is 2.04. The van der Waals surface area contributed by atoms with Gasteiger partial charge in [-0.2, -0.15) is 0 Å². The molecule has 1 rings (SSSR count). The van der Waals surface area contributed by atoms with Gasteiger partial charge in [0.25, 0.3) is 0 Å². The molecule has 1 aromatic rings. The number of thioether (sulfide) groups is 1. The zero-order chi connectivity index (χ0) is 13.7. The minimum atomic E-state index is -1.65. The van der Waals surface area contributed by atoms with Gasteiger partial charge in [-0.1, -0.05) is 23.9 Å². The van der Waals surface area contributed by atoms with Gasteiger partial charge < -0.3 is 5.11 Å². The monoisotopic (exact) mass is 272 g/mol. The van der Waals surface area contributed by atoms with Crippen molar-refractivity contribution in [1.82, 2.24) is 0 Å². The normalized spacial score (nSPS) is 10.8. The average Bonchev–Trinajstić information content (AvgIpc) is 2.26. The number of carbonyl (C=O) groups is 2. The zero-order valence-electron chi connectivity index (χ0n) is 9.44. The molecule has 0 aliphatic rings. The van der Waals surface area contributed by atoms with Crippen molar-refractivity contribution >= 4 is 28.9 Å². The van der Waals surface area contributed by atoms with E-state index in [9.17, 15) is 18.4 Å². The third kappa shape index (κ3) is 3.66. The Morgan fingerprint density at radius 1 is 1.39 bits per heavy atom. The summed E-state index contributed by atoms with van der Waals surface area (Å²) in [5.41, 5.74) is -1.01. The lowest BCUT2D eigenvalue weighted by molar-refractivity contribution is -0.109. The second-order valence-electron chi connectivity index (χ2n) is 3.34. The molecular formula is C12H10F2O3S. The Hall–Kier alpha value is -1.69. The van der Waals surface area contributed by atoms with Crippen LogP contribution in [0.25, 0.3) is 6.08 Å². The van der Waals surface area contributed by atoms with E-state index in [1.54, 1.807) is 0 Å². The molecule has 18 heavy (non-hydrogen) atoms. The Morgan fingerprint density at radius 3 is 2.61 bits per heavy atom. The summed E-state index contributed by atoms with van der Waals surface area (Å²) >= 11 is 1.03. The van der Waals surface area contributed by atoms with Gasteiger partial charge in [0.2, 0.25) is 0 Å². The molecule has 0 radical (unpaired) electrons. The van der Waals surface area contributed by atoms with Gasteiger partial charge in [-0.25, -0.2) is 13.6 Å². The minimum Gasteiger partial charge on any atom is -0.477 e. The van der Waals surface area contributed by atoms with Gasteiger partial charge >= 0.3 is 5.97 Å². The molecule has 1 aromatic carbocycles. The van der Waals surface area contributed by atoms with Crippen LogP contribution in [0.1, 0.15) is 22.8 Å². The highest BCUT2D eigenvalue weighted by molar-refractivity contribution is 8.13. The summed E-state index contributed by atoms with van der Waals surface area (Å²) in [4.78, 5) is 21.3. The molecule has 0 amide bonds. The summed E-state index contributed by atoms with van der Waals surface area (Å²) in [6.07, 6.45) is 2.82. The van der Waals surface area contributed by atoms with Crippen molar-refractivity contribution in [2.45, 2.75) is 6.92 Å². The number of hydrogen-bond acceptors (Lipinski definition) is 3. The molecule has 0 bridgehead atoms. The molecule has 0 aromatic heterocycles. The van der Waals surface area contributed by atoms with Crippen LogP contribution in [0.4, 0.5) is 8.78 Å². The first-order chi connectivity index (χ1) is 8.43. The van der Waals surface area contributed by atoms with Crippen LogP contribution < -0.4 is 0 Å². The number of carboxylic acids is 1. The molecule has 0 spiro atoms. The number of aromatic carboxylic acids is 1. The Kier molecular flexibility index (Phi) is 5.03. The van der Waals surface area contributed by atoms with Crippen molar-refractivity contribution in [3.63, 3.8) is 0 Å². The fourth-order valence-corrected chi connectivity index (χ4v) is 1.66. The van der Waals surface area contributed by atoms with Gasteiger partial charge in [0, 0.05) is 18.2 Å². The van der Waals surface area contributed by atoms with E-state index in [0.29, 0.717) is 5.75 Å². The van der Waals surface area contributed by atoms with Gasteiger partial charge in [0.05, 0.1) is 0 Å². The van der Waals surface area contributed by atoms with Crippen LogP contribution in [0.15, 0.2) is 18.2 Å². The zero-order valence-corrected chi connectivity index (χ0v) is 10.3. The molecule has 0 saturated carbocycles. The summed E-state index contributed by atoms with van der Waals surface area (Å²) in [7, 11) is 0. The molecule has 3 nitrogen and oxygen atoms in total. The molecule has 0 atom stereocenters. The topological polar surface area (TPSA) is 54.4 Å². The molecule has 96 valence electrons. The van der Waals surface area contributed by atoms with E-state index in [2.05, 4.69) is 0 Å². The molecule has 0 aliphatic heterocycles. The van der Waals surface area contributed by atoms with Crippen molar-refractivity contribution in [2.75, 3.05) is 5.75 Å². The largest absolute Gasteiger partial charge is 0.477 e. The van der Waals surface area contributed by atoms with Crippen molar-refractivity contribution in [3.05, 3.63) is 41.0 Å². The van der Waals surface area contributed by atoms with Gasteiger partial charge in [-0.05, 0) is 12.1 Å². The number of carbonyl (C=O) groups excluding carboxylic acids is 1. The van der Waals surface area contributed by atoms with E-state index in [4.69, 9.17) is 5.11 Å². The maximum absolute atomic E-state index is 13.6. The van der Waals surface area contributed by atoms with Gasteiger partial charge in [-0.3, -0.25) is 4.79 Å². The van der Waals surface area contributed by atoms with E-state index in [1.807, 2.05) is 0 Å². The lowest BCUT2D eigenvalue weighted by Crippen LogP contribution is -2.05. The first-order valence-corrected chi connectivity index (χ1v) is 5.93. The number of hydrogen-bond donors (Lipinski definition) is 1. The van der Waals surface area contributed by atoms with E-state index in [-0.39, 0.29) is 10.7 Å². The summed E-state index contributed by atoms with van der Waals surface area (Å²) in [5, 5.41) is 8.58. The molecule has 0 heterocycles. The molecule has 0 fully saturated rings. The van der Waals surface area contributed by atoms with E-state index in [0.717, 1.165) is 23.9 Å². The number of halogens is 2. The predicted molar refractivity (Wildman–Crippen MR) is 65.5 cm³/mol. The Bertz CT molecular complexity index is 512. The summed E-state index contributed by atoms with van der Waals surface area (Å²) in [6.45, 7) is 1.40. The van der Waals surface area contributed by atoms with Crippen LogP contribution in [-0.4, -0.2) is 21.9 Å². The highest BCUT2D eigenvalue weighted by Gasteiger charge is 2.18. The molecule has 1 N–H and O–H groups in total. The Balaban J connectivity index is 2.94. The Morgan fingerprint density at radius 2 is 2.06 bits per heavy atom. The summed E-state index contributed by atoms with van der Waals surface area (Å²) in [5.74, 6) is -3.55. The van der Waals surface area contributed by atoms with E-state index >= 15 is 0 Å². The first-order valence-electron chi connectivity index (χ1n) is 4.94. The van der Waals surface area contributed by atoms with Gasteiger partial charge in [0.1, 0.15) is 17.2 Å². The van der Waals surface area contributed by atoms with Crippen LogP contribution in [-0.2, 0) is 4.79 Å². The quantitative estimate of drug-likeness (QED) is 0.915. The van der Waals surface area contributed by atoms with Crippen molar-refractivity contribution in [1.29, 1.82) is 0 Å². The number of benzene rings is 1. The maximum Gasteiger partial charge on any atom is 0.341 e. The minimum absolute atomic E-state index is 0.0297. The van der Waals surface area contributed by atoms with Crippen LogP contribution in [0.5, 0.6) is 0 Å². The van der Waals surface area contributed by atoms with Crippen LogP contribution in [0.2, 0.25) is 0 Å². The molecular weight excluding hydrogens is 262 g/mol. The van der Waals surface area contributed by atoms with Crippen LogP contribution in [0.3, 0.4) is 0 Å². The highest BCUT2D eigenvalue weighted by atomic mass is 32.2. The van der Waals surface area contributed by atoms with Crippen molar-refractivity contribution < 1.29 is 23.5 Å². The standard InChI is InChI=1S/C12H10F2O3S/c1-7(15)18-6-2-3-8-4-5-9(13)10(11(8)14)12(16)17/h2-5H,6H2,1H3,(H,16,17). The fourth-order valence-electron chi connectivity index (χ4n) is 1.23. The molecule has 0 aliphatic carbocycles. The second-order valence-corrected chi connectivity index (χ2v) is 4.53. The van der Waals surface area contributed by atoms with E-state index in [1.165, 1.54) is 19.1 Å². The molecule has 6 heteroatoms. The van der Waals surface area contributed by atoms with Crippen LogP contribution >= 0.6 is 11.8 Å². The maximum atomic E-state index is 13.6. The average molecular weight is 272 g/mol. The molecule has 0 unspecified atom stereocenters. The lowest BCUT2D eigenvalue weighted by atomic mass is 10.1. The van der Waals surface area contributed by atoms with Gasteiger partial charge in [0.15, 0.2) is 5.12 Å². The van der Waals surface area contributed by atoms with Crippen molar-refractivity contribution in [2.24, 2.45) is 0 Å². The third-order valence-corrected chi connectivity index (χ3v) is 2.78. The molecule has 0 saturated heterocycles. The smallest absolute Gasteiger partial charge is 0.341 e. The lowest BCUT2D eigenvalue weighted by Gasteiger charge is -2.02. The third-order valence-electron chi connectivity index (χ3n) is 2.02. The second kappa shape index (κ2) is 6.30. The highest BCUT2D eigenvalue weighted by Crippen LogP contribution is 2.18. The SMILES string of the molecule is CC(=O)SCC=Cc1ccc(F)c(C(=O)O)c1F. The Labute approximate surface area is 107 Å². The predicted octanol–water partition coefficient (Wildman–Crippen LogP) is 2.96. The van der Waals surface area contributed by atoms with Crippen molar-refractivity contribution in [3.8, 4) is 0 Å². The number of carboxylic acid groups (broad SMARTS) is 1. The van der Waals surface area contributed by atoms with E-state index < -0.39 is 23.2 Å². The van der Waals surface area contributed by atoms with Crippen LogP contribution in [0, 0.1) is 11.6 Å².